The van der Waals surface area contributed by atoms with Crippen LogP contribution in [0, 0.1) is 0 Å². The average molecular weight is 380 g/mol. The lowest BCUT2D eigenvalue weighted by Crippen LogP contribution is -2.30. The SMILES string of the molecule is CC(C)NC(=O)c1nc(C(=O)Nc2ccc3c(c2)OCCO3)n2ccccc12. The van der Waals surface area contributed by atoms with Crippen LogP contribution in [0.5, 0.6) is 11.5 Å². The molecule has 0 atom stereocenters. The third-order valence-electron chi connectivity index (χ3n) is 4.19. The van der Waals surface area contributed by atoms with E-state index >= 15 is 0 Å². The Morgan fingerprint density at radius 1 is 1.07 bits per heavy atom. The highest BCUT2D eigenvalue weighted by atomic mass is 16.6. The van der Waals surface area contributed by atoms with Gasteiger partial charge >= 0.3 is 0 Å². The Labute approximate surface area is 161 Å². The first-order chi connectivity index (χ1) is 13.5. The molecule has 0 spiro atoms. The Hall–Kier alpha value is -3.55. The molecule has 4 rings (SSSR count). The molecule has 0 saturated heterocycles. The normalized spacial score (nSPS) is 12.8. The molecule has 0 aliphatic carbocycles. The van der Waals surface area contributed by atoms with E-state index in [0.717, 1.165) is 0 Å². The lowest BCUT2D eigenvalue weighted by Gasteiger charge is -2.18. The summed E-state index contributed by atoms with van der Waals surface area (Å²) >= 11 is 0. The Morgan fingerprint density at radius 3 is 2.64 bits per heavy atom. The third-order valence-corrected chi connectivity index (χ3v) is 4.19. The molecule has 0 fully saturated rings. The average Bonchev–Trinajstić information content (AvgIpc) is 3.07. The van der Waals surface area contributed by atoms with Gasteiger partial charge in [0.1, 0.15) is 13.2 Å². The van der Waals surface area contributed by atoms with Gasteiger partial charge in [-0.05, 0) is 38.1 Å². The Balaban J connectivity index is 1.65. The molecule has 3 heterocycles. The third kappa shape index (κ3) is 3.36. The van der Waals surface area contributed by atoms with E-state index in [1.54, 1.807) is 47.0 Å². The van der Waals surface area contributed by atoms with Gasteiger partial charge in [0.25, 0.3) is 11.8 Å². The maximum Gasteiger partial charge on any atom is 0.292 e. The van der Waals surface area contributed by atoms with Gasteiger partial charge in [0.05, 0.1) is 5.52 Å². The fourth-order valence-corrected chi connectivity index (χ4v) is 3.00. The second kappa shape index (κ2) is 7.22. The van der Waals surface area contributed by atoms with Crippen molar-refractivity contribution in [2.24, 2.45) is 0 Å². The number of ether oxygens (including phenoxy) is 2. The molecular weight excluding hydrogens is 360 g/mol. The molecule has 1 aliphatic heterocycles. The number of aromatic nitrogens is 2. The van der Waals surface area contributed by atoms with Gasteiger partial charge in [0.15, 0.2) is 17.2 Å². The first kappa shape index (κ1) is 17.8. The van der Waals surface area contributed by atoms with Crippen LogP contribution in [0.3, 0.4) is 0 Å². The molecule has 2 N–H and O–H groups in total. The molecule has 2 aromatic heterocycles. The maximum atomic E-state index is 12.9. The van der Waals surface area contributed by atoms with Gasteiger partial charge in [-0.25, -0.2) is 4.98 Å². The van der Waals surface area contributed by atoms with E-state index in [4.69, 9.17) is 9.47 Å². The number of amides is 2. The van der Waals surface area contributed by atoms with Crippen LogP contribution in [0.25, 0.3) is 5.52 Å². The van der Waals surface area contributed by atoms with Crippen molar-refractivity contribution in [3.63, 3.8) is 0 Å². The summed E-state index contributed by atoms with van der Waals surface area (Å²) in [6.45, 7) is 4.70. The molecule has 28 heavy (non-hydrogen) atoms. The molecule has 1 aromatic carbocycles. The van der Waals surface area contributed by atoms with Gasteiger partial charge in [-0.2, -0.15) is 0 Å². The monoisotopic (exact) mass is 380 g/mol. The van der Waals surface area contributed by atoms with E-state index in [-0.39, 0.29) is 23.5 Å². The Morgan fingerprint density at radius 2 is 1.86 bits per heavy atom. The number of fused-ring (bicyclic) bond motifs is 2. The van der Waals surface area contributed by atoms with E-state index in [0.29, 0.717) is 35.9 Å². The lowest BCUT2D eigenvalue weighted by atomic mass is 10.2. The molecule has 8 nitrogen and oxygen atoms in total. The van der Waals surface area contributed by atoms with Crippen molar-refractivity contribution >= 4 is 23.0 Å². The fourth-order valence-electron chi connectivity index (χ4n) is 3.00. The zero-order chi connectivity index (χ0) is 19.7. The number of hydrogen-bond donors (Lipinski definition) is 2. The van der Waals surface area contributed by atoms with Crippen LogP contribution in [-0.4, -0.2) is 40.5 Å². The second-order valence-corrected chi connectivity index (χ2v) is 6.68. The molecule has 144 valence electrons. The largest absolute Gasteiger partial charge is 0.486 e. The zero-order valence-electron chi connectivity index (χ0n) is 15.6. The van der Waals surface area contributed by atoms with Crippen molar-refractivity contribution in [2.45, 2.75) is 19.9 Å². The topological polar surface area (TPSA) is 94.0 Å². The Bertz CT molecular complexity index is 1060. The standard InChI is InChI=1S/C20H20N4O4/c1-12(2)21-19(25)17-14-5-3-4-8-24(14)18(23-17)20(26)22-13-6-7-15-16(11-13)28-10-9-27-15/h3-8,11-12H,9-10H2,1-2H3,(H,21,25)(H,22,26). The van der Waals surface area contributed by atoms with Gasteiger partial charge in [-0.15, -0.1) is 0 Å². The Kier molecular flexibility index (Phi) is 4.60. The number of pyridine rings is 1. The zero-order valence-corrected chi connectivity index (χ0v) is 15.6. The van der Waals surface area contributed by atoms with Crippen LogP contribution in [0.15, 0.2) is 42.6 Å². The van der Waals surface area contributed by atoms with Crippen molar-refractivity contribution in [3.05, 3.63) is 54.1 Å². The summed E-state index contributed by atoms with van der Waals surface area (Å²) in [4.78, 5) is 29.6. The quantitative estimate of drug-likeness (QED) is 0.725. The van der Waals surface area contributed by atoms with Gasteiger partial charge in [-0.1, -0.05) is 6.07 Å². The van der Waals surface area contributed by atoms with Crippen LogP contribution >= 0.6 is 0 Å². The minimum absolute atomic E-state index is 0.0389. The lowest BCUT2D eigenvalue weighted by molar-refractivity contribution is 0.0940. The number of carbonyl (C=O) groups is 2. The van der Waals surface area contributed by atoms with Gasteiger partial charge in [0, 0.05) is 24.0 Å². The summed E-state index contributed by atoms with van der Waals surface area (Å²) in [6, 6.07) is 10.5. The van der Waals surface area contributed by atoms with Crippen molar-refractivity contribution in [1.82, 2.24) is 14.7 Å². The smallest absolute Gasteiger partial charge is 0.292 e. The van der Waals surface area contributed by atoms with E-state index in [9.17, 15) is 9.59 Å². The van der Waals surface area contributed by atoms with Crippen LogP contribution in [0.2, 0.25) is 0 Å². The van der Waals surface area contributed by atoms with Gasteiger partial charge in [0.2, 0.25) is 5.82 Å². The van der Waals surface area contributed by atoms with Crippen molar-refractivity contribution in [3.8, 4) is 11.5 Å². The highest BCUT2D eigenvalue weighted by Crippen LogP contribution is 2.32. The molecule has 1 aliphatic rings. The number of nitrogens with zero attached hydrogens (tertiary/aromatic N) is 2. The predicted octanol–water partition coefficient (Wildman–Crippen LogP) is 2.50. The molecule has 8 heteroatoms. The highest BCUT2D eigenvalue weighted by Gasteiger charge is 2.22. The number of nitrogens with one attached hydrogen (secondary N) is 2. The molecule has 0 unspecified atom stereocenters. The minimum atomic E-state index is -0.429. The molecule has 0 saturated carbocycles. The van der Waals surface area contributed by atoms with E-state index < -0.39 is 5.91 Å². The van der Waals surface area contributed by atoms with Crippen molar-refractivity contribution in [1.29, 1.82) is 0 Å². The van der Waals surface area contributed by atoms with Crippen molar-refractivity contribution in [2.75, 3.05) is 18.5 Å². The summed E-state index contributed by atoms with van der Waals surface area (Å²) < 4.78 is 12.6. The molecule has 3 aromatic rings. The van der Waals surface area contributed by atoms with E-state index in [1.165, 1.54) is 0 Å². The second-order valence-electron chi connectivity index (χ2n) is 6.68. The van der Waals surface area contributed by atoms with Crippen molar-refractivity contribution < 1.29 is 19.1 Å². The molecule has 0 bridgehead atoms. The fraction of sp³-hybridized carbons (Fsp3) is 0.250. The predicted molar refractivity (Wildman–Crippen MR) is 103 cm³/mol. The summed E-state index contributed by atoms with van der Waals surface area (Å²) in [5.74, 6) is 0.593. The van der Waals surface area contributed by atoms with Gasteiger partial charge in [-0.3, -0.25) is 14.0 Å². The molecule has 0 radical (unpaired) electrons. The van der Waals surface area contributed by atoms with Crippen LogP contribution in [-0.2, 0) is 0 Å². The van der Waals surface area contributed by atoms with Crippen LogP contribution < -0.4 is 20.1 Å². The number of anilines is 1. The molecular formula is C20H20N4O4. The number of rotatable bonds is 4. The highest BCUT2D eigenvalue weighted by molar-refractivity contribution is 6.06. The number of hydrogen-bond acceptors (Lipinski definition) is 5. The molecule has 2 amide bonds. The first-order valence-corrected chi connectivity index (χ1v) is 9.02. The summed E-state index contributed by atoms with van der Waals surface area (Å²) in [6.07, 6.45) is 1.70. The van der Waals surface area contributed by atoms with Crippen LogP contribution in [0.4, 0.5) is 5.69 Å². The maximum absolute atomic E-state index is 12.9. The van der Waals surface area contributed by atoms with E-state index in [2.05, 4.69) is 15.6 Å². The number of benzene rings is 1. The summed E-state index contributed by atoms with van der Waals surface area (Å²) in [7, 11) is 0. The van der Waals surface area contributed by atoms with E-state index in [1.807, 2.05) is 13.8 Å². The summed E-state index contributed by atoms with van der Waals surface area (Å²) in [5.41, 5.74) is 1.32. The number of imidazole rings is 1. The van der Waals surface area contributed by atoms with Crippen LogP contribution in [0.1, 0.15) is 35.0 Å². The summed E-state index contributed by atoms with van der Waals surface area (Å²) in [5, 5.41) is 5.61. The number of carbonyl (C=O) groups excluding carboxylic acids is 2. The first-order valence-electron chi connectivity index (χ1n) is 9.02. The van der Waals surface area contributed by atoms with Gasteiger partial charge < -0.3 is 20.1 Å². The minimum Gasteiger partial charge on any atom is -0.486 e.